The molecule has 3 heteroatoms. The summed E-state index contributed by atoms with van der Waals surface area (Å²) in [5.74, 6) is -0.784. The van der Waals surface area contributed by atoms with E-state index in [-0.39, 0.29) is 0 Å². The predicted octanol–water partition coefficient (Wildman–Crippen LogP) is 2.47. The zero-order valence-corrected chi connectivity index (χ0v) is 10.0. The summed E-state index contributed by atoms with van der Waals surface area (Å²) < 4.78 is 0. The van der Waals surface area contributed by atoms with Crippen LogP contribution in [0.4, 0.5) is 5.69 Å². The van der Waals surface area contributed by atoms with Gasteiger partial charge in [0.15, 0.2) is 0 Å². The average Bonchev–Trinajstić information content (AvgIpc) is 2.39. The summed E-state index contributed by atoms with van der Waals surface area (Å²) in [6.07, 6.45) is 3.44. The van der Waals surface area contributed by atoms with E-state index >= 15 is 0 Å². The number of para-hydroxylation sites is 1. The van der Waals surface area contributed by atoms with Gasteiger partial charge in [-0.3, -0.25) is 0 Å². The fraction of sp³-hybridized carbons (Fsp3) is 0.357. The summed E-state index contributed by atoms with van der Waals surface area (Å²) in [4.78, 5) is 13.1. The molecule has 3 nitrogen and oxygen atoms in total. The van der Waals surface area contributed by atoms with Crippen LogP contribution < -0.4 is 4.90 Å². The first kappa shape index (κ1) is 11.7. The molecule has 0 aromatic heterocycles. The van der Waals surface area contributed by atoms with Crippen LogP contribution in [0.5, 0.6) is 0 Å². The normalized spacial score (nSPS) is 15.6. The first-order valence-corrected chi connectivity index (χ1v) is 5.97. The van der Waals surface area contributed by atoms with E-state index in [1.165, 1.54) is 11.3 Å². The molecule has 0 aliphatic carbocycles. The maximum absolute atomic E-state index is 10.8. The minimum Gasteiger partial charge on any atom is -0.478 e. The zero-order chi connectivity index (χ0) is 12.3. The van der Waals surface area contributed by atoms with E-state index in [0.717, 1.165) is 13.0 Å². The Bertz CT molecular complexity index is 451. The van der Waals surface area contributed by atoms with Crippen LogP contribution in [0, 0.1) is 0 Å². The van der Waals surface area contributed by atoms with E-state index in [4.69, 9.17) is 5.11 Å². The number of hydrogen-bond donors (Lipinski definition) is 1. The SMILES string of the molecule is CCc1ccccc1N1CC=C(C(=O)O)CC1. The lowest BCUT2D eigenvalue weighted by Gasteiger charge is -2.29. The summed E-state index contributed by atoms with van der Waals surface area (Å²) in [5.41, 5.74) is 3.09. The van der Waals surface area contributed by atoms with Crippen molar-refractivity contribution in [3.05, 3.63) is 41.5 Å². The highest BCUT2D eigenvalue weighted by atomic mass is 16.4. The van der Waals surface area contributed by atoms with Gasteiger partial charge >= 0.3 is 5.97 Å². The second-order valence-corrected chi connectivity index (χ2v) is 4.21. The molecule has 0 fully saturated rings. The molecule has 1 aliphatic heterocycles. The molecule has 1 N–H and O–H groups in total. The fourth-order valence-electron chi connectivity index (χ4n) is 2.20. The van der Waals surface area contributed by atoms with E-state index in [2.05, 4.69) is 24.0 Å². The molecule has 0 unspecified atom stereocenters. The summed E-state index contributed by atoms with van der Waals surface area (Å²) in [7, 11) is 0. The van der Waals surface area contributed by atoms with Gasteiger partial charge in [-0.2, -0.15) is 0 Å². The van der Waals surface area contributed by atoms with Crippen LogP contribution in [0.1, 0.15) is 18.9 Å². The first-order chi connectivity index (χ1) is 8.22. The highest BCUT2D eigenvalue weighted by Gasteiger charge is 2.17. The molecule has 0 saturated heterocycles. The number of carboxylic acids is 1. The molecule has 0 bridgehead atoms. The number of anilines is 1. The zero-order valence-electron chi connectivity index (χ0n) is 10.0. The van der Waals surface area contributed by atoms with Gasteiger partial charge in [0, 0.05) is 24.4 Å². The standard InChI is InChI=1S/C14H17NO2/c1-2-11-5-3-4-6-13(11)15-9-7-12(8-10-15)14(16)17/h3-7H,2,8-10H2,1H3,(H,16,17). The molecule has 0 amide bonds. The quantitative estimate of drug-likeness (QED) is 0.868. The Labute approximate surface area is 101 Å². The van der Waals surface area contributed by atoms with Crippen LogP contribution in [0.3, 0.4) is 0 Å². The van der Waals surface area contributed by atoms with Crippen molar-refractivity contribution in [3.8, 4) is 0 Å². The van der Waals surface area contributed by atoms with Crippen LogP contribution in [0.15, 0.2) is 35.9 Å². The number of benzene rings is 1. The molecule has 1 aliphatic rings. The Kier molecular flexibility index (Phi) is 3.47. The van der Waals surface area contributed by atoms with Gasteiger partial charge in [-0.05, 0) is 24.5 Å². The third-order valence-electron chi connectivity index (χ3n) is 3.20. The second-order valence-electron chi connectivity index (χ2n) is 4.21. The Morgan fingerprint density at radius 3 is 2.76 bits per heavy atom. The molecule has 0 saturated carbocycles. The number of rotatable bonds is 3. The Morgan fingerprint density at radius 1 is 1.41 bits per heavy atom. The number of aliphatic carboxylic acids is 1. The van der Waals surface area contributed by atoms with Crippen molar-refractivity contribution < 1.29 is 9.90 Å². The molecule has 2 rings (SSSR count). The maximum atomic E-state index is 10.8. The summed E-state index contributed by atoms with van der Waals surface area (Å²) in [6, 6.07) is 8.32. The third-order valence-corrected chi connectivity index (χ3v) is 3.20. The van der Waals surface area contributed by atoms with Crippen molar-refractivity contribution in [2.24, 2.45) is 0 Å². The van der Waals surface area contributed by atoms with E-state index < -0.39 is 5.97 Å². The van der Waals surface area contributed by atoms with E-state index in [0.29, 0.717) is 18.5 Å². The molecule has 0 atom stereocenters. The van der Waals surface area contributed by atoms with E-state index in [9.17, 15) is 4.79 Å². The minimum atomic E-state index is -0.784. The molecule has 0 spiro atoms. The topological polar surface area (TPSA) is 40.5 Å². The molecular formula is C14H17NO2. The van der Waals surface area contributed by atoms with Crippen LogP contribution in [-0.2, 0) is 11.2 Å². The fourth-order valence-corrected chi connectivity index (χ4v) is 2.20. The van der Waals surface area contributed by atoms with Crippen molar-refractivity contribution in [1.29, 1.82) is 0 Å². The van der Waals surface area contributed by atoms with Gasteiger partial charge < -0.3 is 10.0 Å². The van der Waals surface area contributed by atoms with Gasteiger partial charge in [-0.15, -0.1) is 0 Å². The number of carbonyl (C=O) groups is 1. The van der Waals surface area contributed by atoms with Gasteiger partial charge in [0.2, 0.25) is 0 Å². The van der Waals surface area contributed by atoms with E-state index in [1.807, 2.05) is 18.2 Å². The van der Waals surface area contributed by atoms with Crippen LogP contribution in [0.2, 0.25) is 0 Å². The number of carboxylic acid groups (broad SMARTS) is 1. The smallest absolute Gasteiger partial charge is 0.331 e. The Morgan fingerprint density at radius 2 is 2.18 bits per heavy atom. The van der Waals surface area contributed by atoms with Gasteiger partial charge in [-0.1, -0.05) is 31.2 Å². The molecule has 1 aromatic carbocycles. The number of hydrogen-bond acceptors (Lipinski definition) is 2. The Hall–Kier alpha value is -1.77. The molecule has 17 heavy (non-hydrogen) atoms. The van der Waals surface area contributed by atoms with Gasteiger partial charge in [0.05, 0.1) is 0 Å². The monoisotopic (exact) mass is 231 g/mol. The second kappa shape index (κ2) is 5.04. The first-order valence-electron chi connectivity index (χ1n) is 5.97. The number of nitrogens with zero attached hydrogens (tertiary/aromatic N) is 1. The predicted molar refractivity (Wildman–Crippen MR) is 68.4 cm³/mol. The highest BCUT2D eigenvalue weighted by Crippen LogP contribution is 2.24. The van der Waals surface area contributed by atoms with Crippen molar-refractivity contribution >= 4 is 11.7 Å². The lowest BCUT2D eigenvalue weighted by Crippen LogP contribution is -2.30. The van der Waals surface area contributed by atoms with Crippen LogP contribution in [0.25, 0.3) is 0 Å². The molecular weight excluding hydrogens is 214 g/mol. The average molecular weight is 231 g/mol. The van der Waals surface area contributed by atoms with Crippen molar-refractivity contribution in [2.75, 3.05) is 18.0 Å². The van der Waals surface area contributed by atoms with Gasteiger partial charge in [0.25, 0.3) is 0 Å². The van der Waals surface area contributed by atoms with Crippen LogP contribution in [-0.4, -0.2) is 24.2 Å². The number of aryl methyl sites for hydroxylation is 1. The molecule has 1 aromatic rings. The summed E-state index contributed by atoms with van der Waals surface area (Å²) >= 11 is 0. The third kappa shape index (κ3) is 2.49. The Balaban J connectivity index is 2.18. The lowest BCUT2D eigenvalue weighted by atomic mass is 10.0. The van der Waals surface area contributed by atoms with E-state index in [1.54, 1.807) is 0 Å². The molecule has 90 valence electrons. The van der Waals surface area contributed by atoms with Crippen molar-refractivity contribution in [3.63, 3.8) is 0 Å². The summed E-state index contributed by atoms with van der Waals surface area (Å²) in [5, 5.41) is 8.91. The van der Waals surface area contributed by atoms with Crippen molar-refractivity contribution in [2.45, 2.75) is 19.8 Å². The largest absolute Gasteiger partial charge is 0.478 e. The summed E-state index contributed by atoms with van der Waals surface area (Å²) in [6.45, 7) is 3.62. The lowest BCUT2D eigenvalue weighted by molar-refractivity contribution is -0.132. The van der Waals surface area contributed by atoms with Crippen LogP contribution >= 0.6 is 0 Å². The molecule has 0 radical (unpaired) electrons. The maximum Gasteiger partial charge on any atom is 0.331 e. The van der Waals surface area contributed by atoms with Gasteiger partial charge in [-0.25, -0.2) is 4.79 Å². The molecule has 1 heterocycles. The van der Waals surface area contributed by atoms with Gasteiger partial charge in [0.1, 0.15) is 0 Å². The van der Waals surface area contributed by atoms with Crippen molar-refractivity contribution in [1.82, 2.24) is 0 Å². The highest BCUT2D eigenvalue weighted by molar-refractivity contribution is 5.87. The minimum absolute atomic E-state index is 0.537.